The van der Waals surface area contributed by atoms with Gasteiger partial charge in [0.1, 0.15) is 0 Å². The molecule has 1 saturated heterocycles. The molecule has 1 aliphatic heterocycles. The van der Waals surface area contributed by atoms with E-state index in [1.807, 2.05) is 0 Å². The summed E-state index contributed by atoms with van der Waals surface area (Å²) in [5.74, 6) is 1.60. The lowest BCUT2D eigenvalue weighted by Crippen LogP contribution is -2.20. The first-order valence-corrected chi connectivity index (χ1v) is 7.58. The summed E-state index contributed by atoms with van der Waals surface area (Å²) >= 11 is 0. The fraction of sp³-hybridized carbons (Fsp3) is 1.00. The molecule has 0 bridgehead atoms. The van der Waals surface area contributed by atoms with Crippen LogP contribution in [0.2, 0.25) is 0 Å². The molecule has 0 saturated carbocycles. The van der Waals surface area contributed by atoms with Crippen LogP contribution in [0.1, 0.15) is 33.1 Å². The number of aliphatic hydroxyl groups excluding tert-OH is 1. The highest BCUT2D eigenvalue weighted by Gasteiger charge is 2.32. The van der Waals surface area contributed by atoms with Gasteiger partial charge in [-0.2, -0.15) is 0 Å². The topological polar surface area (TPSA) is 54.4 Å². The third kappa shape index (κ3) is 4.11. The smallest absolute Gasteiger partial charge is 0.150 e. The van der Waals surface area contributed by atoms with E-state index in [0.29, 0.717) is 11.7 Å². The summed E-state index contributed by atoms with van der Waals surface area (Å²) in [5, 5.41) is 9.27. The summed E-state index contributed by atoms with van der Waals surface area (Å²) < 4.78 is 22.6. The number of hydrogen-bond donors (Lipinski definition) is 1. The van der Waals surface area contributed by atoms with Crippen LogP contribution >= 0.6 is 0 Å². The third-order valence-electron chi connectivity index (χ3n) is 3.28. The van der Waals surface area contributed by atoms with Gasteiger partial charge in [0, 0.05) is 6.61 Å². The maximum atomic E-state index is 11.3. The van der Waals surface area contributed by atoms with Crippen LogP contribution in [-0.4, -0.2) is 31.6 Å². The number of hydrogen-bond acceptors (Lipinski definition) is 3. The third-order valence-corrected chi connectivity index (χ3v) is 5.08. The second kappa shape index (κ2) is 5.30. The van der Waals surface area contributed by atoms with Crippen LogP contribution in [0.15, 0.2) is 0 Å². The summed E-state index contributed by atoms with van der Waals surface area (Å²) in [5.41, 5.74) is 0. The summed E-state index contributed by atoms with van der Waals surface area (Å²) in [6.07, 6.45) is 2.77. The highest BCUT2D eigenvalue weighted by Crippen LogP contribution is 2.29. The van der Waals surface area contributed by atoms with Crippen molar-refractivity contribution in [2.24, 2.45) is 17.8 Å². The molecule has 0 aromatic rings. The zero-order valence-corrected chi connectivity index (χ0v) is 10.5. The molecule has 0 spiro atoms. The van der Waals surface area contributed by atoms with Crippen LogP contribution in [0.4, 0.5) is 0 Å². The fourth-order valence-electron chi connectivity index (χ4n) is 2.22. The standard InChI is InChI=1S/C11H22O3S/c1-9(2)3-4-10(7-12)11-5-6-15(13,14)8-11/h9-12H,3-8H2,1-2H3. The lowest BCUT2D eigenvalue weighted by Gasteiger charge is -2.20. The Morgan fingerprint density at radius 3 is 2.40 bits per heavy atom. The molecule has 0 aliphatic carbocycles. The second-order valence-electron chi connectivity index (χ2n) is 5.08. The van der Waals surface area contributed by atoms with Crippen molar-refractivity contribution in [1.82, 2.24) is 0 Å². The Labute approximate surface area is 92.8 Å². The molecule has 2 atom stereocenters. The zero-order valence-electron chi connectivity index (χ0n) is 9.65. The minimum absolute atomic E-state index is 0.132. The van der Waals surface area contributed by atoms with Gasteiger partial charge in [-0.3, -0.25) is 0 Å². The molecule has 90 valence electrons. The molecule has 4 heteroatoms. The van der Waals surface area contributed by atoms with E-state index < -0.39 is 9.84 Å². The zero-order chi connectivity index (χ0) is 11.5. The van der Waals surface area contributed by atoms with E-state index in [1.54, 1.807) is 0 Å². The van der Waals surface area contributed by atoms with Crippen molar-refractivity contribution in [2.45, 2.75) is 33.1 Å². The van der Waals surface area contributed by atoms with E-state index in [9.17, 15) is 13.5 Å². The van der Waals surface area contributed by atoms with Gasteiger partial charge in [0.05, 0.1) is 11.5 Å². The summed E-state index contributed by atoms with van der Waals surface area (Å²) in [6.45, 7) is 4.44. The molecule has 2 unspecified atom stereocenters. The lowest BCUT2D eigenvalue weighted by atomic mass is 9.87. The molecule has 0 aromatic heterocycles. The highest BCUT2D eigenvalue weighted by atomic mass is 32.2. The molecule has 1 fully saturated rings. The van der Waals surface area contributed by atoms with Gasteiger partial charge in [-0.25, -0.2) is 8.42 Å². The van der Waals surface area contributed by atoms with Crippen molar-refractivity contribution in [1.29, 1.82) is 0 Å². The molecule has 1 rings (SSSR count). The summed E-state index contributed by atoms with van der Waals surface area (Å²) in [7, 11) is -2.80. The van der Waals surface area contributed by atoms with Crippen molar-refractivity contribution in [3.8, 4) is 0 Å². The second-order valence-corrected chi connectivity index (χ2v) is 7.31. The molecule has 1 N–H and O–H groups in total. The average Bonchev–Trinajstić information content (AvgIpc) is 2.47. The summed E-state index contributed by atoms with van der Waals surface area (Å²) in [4.78, 5) is 0. The fourth-order valence-corrected chi connectivity index (χ4v) is 4.14. The molecule has 3 nitrogen and oxygen atoms in total. The molecule has 0 radical (unpaired) electrons. The minimum atomic E-state index is -2.80. The van der Waals surface area contributed by atoms with Crippen molar-refractivity contribution in [3.05, 3.63) is 0 Å². The number of sulfone groups is 1. The average molecular weight is 234 g/mol. The Morgan fingerprint density at radius 1 is 1.33 bits per heavy atom. The normalized spacial score (nSPS) is 27.1. The van der Waals surface area contributed by atoms with Crippen molar-refractivity contribution >= 4 is 9.84 Å². The van der Waals surface area contributed by atoms with Crippen molar-refractivity contribution < 1.29 is 13.5 Å². The van der Waals surface area contributed by atoms with Gasteiger partial charge in [0.15, 0.2) is 9.84 Å². The van der Waals surface area contributed by atoms with E-state index in [4.69, 9.17) is 0 Å². The molecule has 0 amide bonds. The van der Waals surface area contributed by atoms with Gasteiger partial charge in [-0.05, 0) is 30.6 Å². The van der Waals surface area contributed by atoms with Gasteiger partial charge in [0.25, 0.3) is 0 Å². The molecular formula is C11H22O3S. The Balaban J connectivity index is 2.46. The van der Waals surface area contributed by atoms with E-state index >= 15 is 0 Å². The first-order chi connectivity index (χ1) is 6.94. The number of aliphatic hydroxyl groups is 1. The van der Waals surface area contributed by atoms with E-state index in [-0.39, 0.29) is 24.2 Å². The molecular weight excluding hydrogens is 212 g/mol. The van der Waals surface area contributed by atoms with Crippen molar-refractivity contribution in [3.63, 3.8) is 0 Å². The first-order valence-electron chi connectivity index (χ1n) is 5.76. The Bertz CT molecular complexity index is 282. The Hall–Kier alpha value is -0.0900. The van der Waals surface area contributed by atoms with Gasteiger partial charge in [-0.15, -0.1) is 0 Å². The quantitative estimate of drug-likeness (QED) is 0.783. The molecule has 0 aromatic carbocycles. The lowest BCUT2D eigenvalue weighted by molar-refractivity contribution is 0.170. The summed E-state index contributed by atoms with van der Waals surface area (Å²) in [6, 6.07) is 0. The predicted molar refractivity (Wildman–Crippen MR) is 61.4 cm³/mol. The Morgan fingerprint density at radius 2 is 2.00 bits per heavy atom. The molecule has 15 heavy (non-hydrogen) atoms. The predicted octanol–water partition coefficient (Wildman–Crippen LogP) is 1.47. The maximum absolute atomic E-state index is 11.3. The van der Waals surface area contributed by atoms with Crippen LogP contribution in [0.5, 0.6) is 0 Å². The number of rotatable bonds is 5. The first kappa shape index (κ1) is 13.0. The van der Waals surface area contributed by atoms with Gasteiger partial charge in [-0.1, -0.05) is 20.3 Å². The SMILES string of the molecule is CC(C)CCC(CO)C1CCS(=O)(=O)C1. The minimum Gasteiger partial charge on any atom is -0.396 e. The highest BCUT2D eigenvalue weighted by molar-refractivity contribution is 7.91. The van der Waals surface area contributed by atoms with Crippen LogP contribution in [-0.2, 0) is 9.84 Å². The monoisotopic (exact) mass is 234 g/mol. The van der Waals surface area contributed by atoms with Gasteiger partial charge < -0.3 is 5.11 Å². The van der Waals surface area contributed by atoms with Gasteiger partial charge >= 0.3 is 0 Å². The van der Waals surface area contributed by atoms with Gasteiger partial charge in [0.2, 0.25) is 0 Å². The maximum Gasteiger partial charge on any atom is 0.150 e. The molecule has 1 heterocycles. The Kier molecular flexibility index (Phi) is 4.59. The van der Waals surface area contributed by atoms with Crippen molar-refractivity contribution in [2.75, 3.05) is 18.1 Å². The van der Waals surface area contributed by atoms with Crippen LogP contribution in [0, 0.1) is 17.8 Å². The van der Waals surface area contributed by atoms with E-state index in [0.717, 1.165) is 19.3 Å². The van der Waals surface area contributed by atoms with E-state index in [2.05, 4.69) is 13.8 Å². The largest absolute Gasteiger partial charge is 0.396 e. The van der Waals surface area contributed by atoms with Crippen LogP contribution in [0.3, 0.4) is 0 Å². The molecule has 1 aliphatic rings. The van der Waals surface area contributed by atoms with Crippen LogP contribution in [0.25, 0.3) is 0 Å². The van der Waals surface area contributed by atoms with E-state index in [1.165, 1.54) is 0 Å². The van der Waals surface area contributed by atoms with Crippen LogP contribution < -0.4 is 0 Å².